The third-order valence-corrected chi connectivity index (χ3v) is 3.28. The van der Waals surface area contributed by atoms with Crippen LogP contribution in [-0.4, -0.2) is 30.7 Å². The van der Waals surface area contributed by atoms with E-state index >= 15 is 0 Å². The van der Waals surface area contributed by atoms with Crippen molar-refractivity contribution < 1.29 is 9.90 Å². The number of aldehydes is 1. The molecular weight excluding hydrogens is 284 g/mol. The molecule has 3 aromatic rings. The molecule has 0 atom stereocenters. The topological polar surface area (TPSA) is 90.0 Å². The van der Waals surface area contributed by atoms with Crippen molar-refractivity contribution in [1.82, 2.24) is 19.3 Å². The first kappa shape index (κ1) is 13.7. The van der Waals surface area contributed by atoms with Crippen LogP contribution in [-0.2, 0) is 7.05 Å². The molecule has 3 aromatic heterocycles. The van der Waals surface area contributed by atoms with Gasteiger partial charge in [0.2, 0.25) is 5.88 Å². The Hall–Kier alpha value is -3.22. The number of pyridine rings is 2. The molecule has 0 unspecified atom stereocenters. The predicted molar refractivity (Wildman–Crippen MR) is 79.1 cm³/mol. The summed E-state index contributed by atoms with van der Waals surface area (Å²) >= 11 is 0. The molecule has 3 heterocycles. The van der Waals surface area contributed by atoms with E-state index in [4.69, 9.17) is 0 Å². The van der Waals surface area contributed by atoms with Gasteiger partial charge in [-0.25, -0.2) is 4.98 Å². The van der Waals surface area contributed by atoms with Gasteiger partial charge in [0.15, 0.2) is 12.1 Å². The molecule has 0 aliphatic rings. The molecular formula is C15H12N4O3. The lowest BCUT2D eigenvalue weighted by molar-refractivity contribution is 0.112. The second kappa shape index (κ2) is 5.28. The lowest BCUT2D eigenvalue weighted by Gasteiger charge is -2.04. The van der Waals surface area contributed by atoms with Crippen LogP contribution in [0.5, 0.6) is 5.88 Å². The van der Waals surface area contributed by atoms with Crippen molar-refractivity contribution in [2.45, 2.75) is 0 Å². The summed E-state index contributed by atoms with van der Waals surface area (Å²) in [6.45, 7) is 0. The number of aryl methyl sites for hydroxylation is 1. The number of rotatable bonds is 3. The summed E-state index contributed by atoms with van der Waals surface area (Å²) < 4.78 is 2.67. The number of nitrogens with zero attached hydrogens (tertiary/aromatic N) is 4. The molecule has 22 heavy (non-hydrogen) atoms. The van der Waals surface area contributed by atoms with Gasteiger partial charge in [-0.3, -0.25) is 9.59 Å². The highest BCUT2D eigenvalue weighted by atomic mass is 16.3. The molecule has 0 radical (unpaired) electrons. The van der Waals surface area contributed by atoms with Gasteiger partial charge in [-0.2, -0.15) is 9.78 Å². The Morgan fingerprint density at radius 1 is 1.23 bits per heavy atom. The minimum Gasteiger partial charge on any atom is -0.493 e. The van der Waals surface area contributed by atoms with Gasteiger partial charge in [0.05, 0.1) is 11.8 Å². The van der Waals surface area contributed by atoms with E-state index in [1.165, 1.54) is 27.7 Å². The molecule has 0 aromatic carbocycles. The van der Waals surface area contributed by atoms with Crippen molar-refractivity contribution in [3.8, 4) is 22.8 Å². The summed E-state index contributed by atoms with van der Waals surface area (Å²) in [4.78, 5) is 26.4. The Bertz CT molecular complexity index is 894. The van der Waals surface area contributed by atoms with Crippen LogP contribution in [0.25, 0.3) is 16.9 Å². The van der Waals surface area contributed by atoms with Gasteiger partial charge in [0.1, 0.15) is 0 Å². The number of carbonyl (C=O) groups is 1. The van der Waals surface area contributed by atoms with Gasteiger partial charge >= 0.3 is 0 Å². The molecule has 0 saturated carbocycles. The fraction of sp³-hybridized carbons (Fsp3) is 0.0667. The summed E-state index contributed by atoms with van der Waals surface area (Å²) in [7, 11) is 1.65. The molecule has 0 saturated heterocycles. The maximum absolute atomic E-state index is 11.7. The molecule has 1 N–H and O–H groups in total. The first-order valence-electron chi connectivity index (χ1n) is 6.46. The zero-order valence-corrected chi connectivity index (χ0v) is 11.7. The van der Waals surface area contributed by atoms with Gasteiger partial charge in [0.25, 0.3) is 5.56 Å². The van der Waals surface area contributed by atoms with Gasteiger partial charge in [-0.05, 0) is 23.8 Å². The molecule has 0 aliphatic heterocycles. The summed E-state index contributed by atoms with van der Waals surface area (Å²) in [5.41, 5.74) is 1.25. The van der Waals surface area contributed by atoms with Crippen LogP contribution in [0.2, 0.25) is 0 Å². The molecule has 0 fully saturated rings. The molecule has 7 nitrogen and oxygen atoms in total. The van der Waals surface area contributed by atoms with Crippen molar-refractivity contribution in [2.75, 3.05) is 0 Å². The molecule has 0 aliphatic carbocycles. The largest absolute Gasteiger partial charge is 0.493 e. The van der Waals surface area contributed by atoms with Crippen molar-refractivity contribution in [3.63, 3.8) is 0 Å². The van der Waals surface area contributed by atoms with E-state index in [1.807, 2.05) is 0 Å². The van der Waals surface area contributed by atoms with Gasteiger partial charge in [0, 0.05) is 31.1 Å². The smallest absolute Gasteiger partial charge is 0.250 e. The average Bonchev–Trinajstić information content (AvgIpc) is 2.92. The van der Waals surface area contributed by atoms with Crippen molar-refractivity contribution in [3.05, 3.63) is 58.8 Å². The highest BCUT2D eigenvalue weighted by molar-refractivity contribution is 5.74. The van der Waals surface area contributed by atoms with Gasteiger partial charge in [-0.1, -0.05) is 0 Å². The zero-order chi connectivity index (χ0) is 15.7. The van der Waals surface area contributed by atoms with Crippen LogP contribution in [0.1, 0.15) is 10.4 Å². The quantitative estimate of drug-likeness (QED) is 0.732. The second-order valence-corrected chi connectivity index (χ2v) is 4.73. The Kier molecular flexibility index (Phi) is 3.30. The Morgan fingerprint density at radius 3 is 2.68 bits per heavy atom. The average molecular weight is 296 g/mol. The number of aromatic nitrogens is 4. The van der Waals surface area contributed by atoms with Crippen LogP contribution < -0.4 is 5.56 Å². The molecule has 110 valence electrons. The highest BCUT2D eigenvalue weighted by Crippen LogP contribution is 2.29. The zero-order valence-electron chi connectivity index (χ0n) is 11.7. The van der Waals surface area contributed by atoms with E-state index < -0.39 is 0 Å². The fourth-order valence-electron chi connectivity index (χ4n) is 2.02. The highest BCUT2D eigenvalue weighted by Gasteiger charge is 2.14. The van der Waals surface area contributed by atoms with E-state index in [1.54, 1.807) is 31.4 Å². The summed E-state index contributed by atoms with van der Waals surface area (Å²) in [5.74, 6) is 0.248. The Balaban J connectivity index is 2.05. The third kappa shape index (κ3) is 2.28. The van der Waals surface area contributed by atoms with E-state index in [0.717, 1.165) is 0 Å². The Labute approximate surface area is 125 Å². The SMILES string of the molecule is Cn1ccc(-c2cnn(-c3ccc(C=O)cn3)c2O)cc1=O. The van der Waals surface area contributed by atoms with Crippen molar-refractivity contribution >= 4 is 6.29 Å². The van der Waals surface area contributed by atoms with E-state index in [-0.39, 0.29) is 11.4 Å². The molecule has 0 spiro atoms. The number of hydrogen-bond acceptors (Lipinski definition) is 5. The normalized spacial score (nSPS) is 10.6. The van der Waals surface area contributed by atoms with Crippen molar-refractivity contribution in [2.24, 2.45) is 7.05 Å². The first-order chi connectivity index (χ1) is 10.6. The van der Waals surface area contributed by atoms with Crippen LogP contribution in [0.3, 0.4) is 0 Å². The predicted octanol–water partition coefficient (Wildman–Crippen LogP) is 1.15. The second-order valence-electron chi connectivity index (χ2n) is 4.73. The van der Waals surface area contributed by atoms with Crippen LogP contribution in [0, 0.1) is 0 Å². The van der Waals surface area contributed by atoms with Crippen LogP contribution in [0.15, 0.2) is 47.7 Å². The van der Waals surface area contributed by atoms with Crippen molar-refractivity contribution in [1.29, 1.82) is 0 Å². The molecule has 3 rings (SSSR count). The van der Waals surface area contributed by atoms with Gasteiger partial charge < -0.3 is 9.67 Å². The van der Waals surface area contributed by atoms with Crippen LogP contribution >= 0.6 is 0 Å². The maximum Gasteiger partial charge on any atom is 0.250 e. The van der Waals surface area contributed by atoms with Crippen LogP contribution in [0.4, 0.5) is 0 Å². The third-order valence-electron chi connectivity index (χ3n) is 3.28. The minimum atomic E-state index is -0.182. The maximum atomic E-state index is 11.7. The molecule has 7 heteroatoms. The summed E-state index contributed by atoms with van der Waals surface area (Å²) in [5, 5.41) is 14.4. The summed E-state index contributed by atoms with van der Waals surface area (Å²) in [6, 6.07) is 6.29. The minimum absolute atomic E-state index is 0.125. The number of aromatic hydroxyl groups is 1. The van der Waals surface area contributed by atoms with Gasteiger partial charge in [-0.15, -0.1) is 0 Å². The Morgan fingerprint density at radius 2 is 2.05 bits per heavy atom. The number of carbonyl (C=O) groups excluding carboxylic acids is 1. The monoisotopic (exact) mass is 296 g/mol. The number of hydrogen-bond donors (Lipinski definition) is 1. The lowest BCUT2D eigenvalue weighted by atomic mass is 10.1. The molecule has 0 amide bonds. The fourth-order valence-corrected chi connectivity index (χ4v) is 2.02. The summed E-state index contributed by atoms with van der Waals surface area (Å²) in [6.07, 6.45) is 5.15. The van der Waals surface area contributed by atoms with E-state index in [2.05, 4.69) is 10.1 Å². The lowest BCUT2D eigenvalue weighted by Crippen LogP contribution is -2.13. The van der Waals surface area contributed by atoms with E-state index in [9.17, 15) is 14.7 Å². The first-order valence-corrected chi connectivity index (χ1v) is 6.46. The standard InChI is InChI=1S/C15H12N4O3/c1-18-5-4-11(6-14(18)21)12-8-17-19(15(12)22)13-3-2-10(9-20)7-16-13/h2-9,22H,1H3. The molecule has 0 bridgehead atoms. The van der Waals surface area contributed by atoms with E-state index in [0.29, 0.717) is 28.8 Å².